The SMILES string of the molecule is CC(C)(C)c1c[c-]n(-c2cccc(-n3[c-]cc(C(C)(C)C)n3)n2)n1.CC(C)(C)c1c[c-]n(-c2ccccn2)n1.CC(C)(C)c1cc(-c2ccccn2)[n-]n1.Cc1c(-c2ccccn2)c(F)cc(F)c1-c1ccccn1.FC(F)(F)c1c[c-]n(-c2cccc(-n3[c-]cc(C(F)(F)F)n3)n2)n1.FC(F)(F)c1c[c-]n(-c2ccccn2)n1.FC(F)(F)c1n[n-]c(-c2ccccn2)n1.[Ir+3].[Ir].[Ir].[Ir].[c-]1c(-n2cccn2)cccc1-n1cccn1. The molecule has 3 radical (unpaired) electrons. The summed E-state index contributed by atoms with van der Waals surface area (Å²) >= 11 is 0. The van der Waals surface area contributed by atoms with Crippen LogP contribution in [0.15, 0.2) is 286 Å². The van der Waals surface area contributed by atoms with Gasteiger partial charge >= 0.3 is 44.8 Å². The van der Waals surface area contributed by atoms with Crippen molar-refractivity contribution in [2.24, 2.45) is 0 Å². The largest absolute Gasteiger partial charge is 3.00 e. The third-order valence-corrected chi connectivity index (χ3v) is 19.8. The van der Waals surface area contributed by atoms with Crippen molar-refractivity contribution >= 4 is 0 Å². The van der Waals surface area contributed by atoms with Gasteiger partial charge in [0.05, 0.1) is 45.8 Å². The van der Waals surface area contributed by atoms with Crippen molar-refractivity contribution in [3.8, 4) is 91.7 Å². The molecule has 29 nitrogen and oxygen atoms in total. The van der Waals surface area contributed by atoms with Gasteiger partial charge in [0, 0.05) is 180 Å². The van der Waals surface area contributed by atoms with Gasteiger partial charge in [0.2, 0.25) is 0 Å². The standard InChI is InChI=1S/C19H23N5.C17H12F2N2.C13H5F6N5.C12H9N4.2C12H14N3.C9H5F3N3.C8H4F3N4.4Ir/c1-18(2,3)14-10-12-23(21-14)16-8-7-9-17(20-16)24-13-11-15(22-24)19(4,5)6;1-11-16(14-6-2-4-8-20-14)12(18)10-13(19)17(11)15-7-3-5-9-21-15;14-12(15,16)8-4-6-23(21-8)10-2-1-3-11(20-10)24-7-5-9(22-24)13(17,18)19;1-4-11(15-8-2-6-13-15)10-12(5-1)16-9-3-7-14-16;1-12(2,3)10-7-9-15(14-10)11-6-4-5-8-13-11;1-12(2,3)11-8-10(14-15-11)9-6-4-5-7-13-9;10-9(11,12)7-4-6-15(14-7)8-3-1-2-5-13-8;9-8(10,11)7-13-6(14-15-7)5-3-1-2-4-12-5;;;;/h7-11H,1-6H3;2-10H,1H3;1-5H;1-9H;2*4-8H,1-3H3;1-5H;1-4H;;;;/q-2;;-2;5*-1;;;;+3. The van der Waals surface area contributed by atoms with Gasteiger partial charge in [-0.3, -0.25) is 65.0 Å². The number of nitrogens with zero attached hydrogens (tertiary/aromatic N) is 29. The van der Waals surface area contributed by atoms with Crippen LogP contribution in [-0.2, 0) is 127 Å². The van der Waals surface area contributed by atoms with Crippen LogP contribution in [0.25, 0.3) is 91.7 Å². The zero-order chi connectivity index (χ0) is 104. The van der Waals surface area contributed by atoms with Gasteiger partial charge in [0.15, 0.2) is 0 Å². The minimum atomic E-state index is -4.64. The summed E-state index contributed by atoms with van der Waals surface area (Å²) in [5.41, 5.74) is 6.58. The average Bonchev–Trinajstić information content (AvgIpc) is 1.74. The van der Waals surface area contributed by atoms with E-state index >= 15 is 0 Å². The molecule has 0 amide bonds. The molecule has 20 rings (SSSR count). The minimum absolute atomic E-state index is 0. The Morgan fingerprint density at radius 3 is 0.866 bits per heavy atom. The van der Waals surface area contributed by atoms with Crippen LogP contribution < -0.4 is 10.2 Å². The molecule has 149 heavy (non-hydrogen) atoms. The number of hydrogen-bond acceptors (Lipinski definition) is 19. The molecule has 0 unspecified atom stereocenters. The van der Waals surface area contributed by atoms with Crippen molar-refractivity contribution in [3.63, 3.8) is 0 Å². The molecular formula is C102H86F14Ir4N29-6. The number of aromatic nitrogens is 29. The van der Waals surface area contributed by atoms with E-state index in [0.717, 1.165) is 77.5 Å². The van der Waals surface area contributed by atoms with Crippen molar-refractivity contribution in [1.29, 1.82) is 0 Å². The van der Waals surface area contributed by atoms with Crippen molar-refractivity contribution < 1.29 is 142 Å². The van der Waals surface area contributed by atoms with Crippen LogP contribution in [0, 0.1) is 61.8 Å². The smallest absolute Gasteiger partial charge is 0.573 e. The second-order valence-electron chi connectivity index (χ2n) is 35.0. The Morgan fingerprint density at radius 2 is 0.591 bits per heavy atom. The molecule has 0 atom stereocenters. The maximum Gasteiger partial charge on any atom is 3.00 e. The van der Waals surface area contributed by atoms with Crippen LogP contribution in [-0.4, -0.2) is 133 Å². The van der Waals surface area contributed by atoms with Crippen LogP contribution in [0.5, 0.6) is 0 Å². The van der Waals surface area contributed by atoms with Gasteiger partial charge in [-0.25, -0.2) is 8.78 Å². The number of rotatable bonds is 12. The number of benzene rings is 2. The molecule has 18 aromatic heterocycles. The number of pyridine rings is 8. The molecule has 0 fully saturated rings. The first-order valence-corrected chi connectivity index (χ1v) is 43.7. The molecule has 0 aliphatic rings. The first-order valence-electron chi connectivity index (χ1n) is 43.7. The summed E-state index contributed by atoms with van der Waals surface area (Å²) in [5, 5.41) is 46.4. The Kier molecular flexibility index (Phi) is 40.5. The van der Waals surface area contributed by atoms with E-state index < -0.39 is 59.2 Å². The predicted molar refractivity (Wildman–Crippen MR) is 504 cm³/mol. The molecular weight excluding hydrogens is 2670 g/mol. The van der Waals surface area contributed by atoms with E-state index in [1.165, 1.54) is 36.7 Å². The van der Waals surface area contributed by atoms with Gasteiger partial charge in [-0.15, -0.1) is 54.6 Å². The van der Waals surface area contributed by atoms with Gasteiger partial charge in [-0.2, -0.15) is 68.9 Å². The van der Waals surface area contributed by atoms with Crippen molar-refractivity contribution in [1.82, 2.24) is 143 Å². The summed E-state index contributed by atoms with van der Waals surface area (Å²) in [7, 11) is 0. The Balaban J connectivity index is 0.000000190. The van der Waals surface area contributed by atoms with Crippen LogP contribution >= 0.6 is 0 Å². The fourth-order valence-electron chi connectivity index (χ4n) is 12.4. The van der Waals surface area contributed by atoms with Crippen molar-refractivity contribution in [3.05, 3.63) is 393 Å². The molecule has 0 aliphatic carbocycles. The van der Waals surface area contributed by atoms with Crippen LogP contribution in [0.1, 0.15) is 134 Å². The third-order valence-electron chi connectivity index (χ3n) is 19.8. The summed E-state index contributed by atoms with van der Waals surface area (Å²) in [5.74, 6) is -0.229. The second kappa shape index (κ2) is 51.3. The summed E-state index contributed by atoms with van der Waals surface area (Å²) in [4.78, 5) is 36.2. The maximum atomic E-state index is 14.2. The summed E-state index contributed by atoms with van der Waals surface area (Å²) in [6.07, 6.45) is 14.7. The molecule has 2 aromatic carbocycles. The summed E-state index contributed by atoms with van der Waals surface area (Å²) in [6.45, 7) is 27.2. The quantitative estimate of drug-likeness (QED) is 0.0810. The zero-order valence-corrected chi connectivity index (χ0v) is 90.3. The maximum absolute atomic E-state index is 14.2. The monoisotopic (exact) mass is 2750 g/mol. The molecule has 20 aromatic rings. The van der Waals surface area contributed by atoms with E-state index in [2.05, 4.69) is 232 Å². The van der Waals surface area contributed by atoms with E-state index in [-0.39, 0.29) is 125 Å². The number of alkyl halides is 12. The van der Waals surface area contributed by atoms with Gasteiger partial charge in [-0.1, -0.05) is 217 Å². The molecule has 0 N–H and O–H groups in total. The van der Waals surface area contributed by atoms with Crippen LogP contribution in [0.2, 0.25) is 0 Å². The van der Waals surface area contributed by atoms with E-state index in [9.17, 15) is 61.5 Å². The van der Waals surface area contributed by atoms with E-state index in [4.69, 9.17) is 0 Å². The van der Waals surface area contributed by atoms with Crippen LogP contribution in [0.3, 0.4) is 0 Å². The predicted octanol–water partition coefficient (Wildman–Crippen LogP) is 21.3. The van der Waals surface area contributed by atoms with E-state index in [1.54, 1.807) is 134 Å². The average molecular weight is 2750 g/mol. The first kappa shape index (κ1) is 118. The fraction of sp³-hybridized carbons (Fsp3) is 0.206. The van der Waals surface area contributed by atoms with Gasteiger partial charge in [-0.05, 0) is 136 Å². The van der Waals surface area contributed by atoms with Gasteiger partial charge < -0.3 is 68.3 Å². The van der Waals surface area contributed by atoms with Crippen molar-refractivity contribution in [2.75, 3.05) is 0 Å². The summed E-state index contributed by atoms with van der Waals surface area (Å²) in [6, 6.07) is 65.0. The number of hydrogen-bond donors (Lipinski definition) is 0. The molecule has 0 saturated heterocycles. The molecule has 779 valence electrons. The van der Waals surface area contributed by atoms with Gasteiger partial charge in [0.25, 0.3) is 0 Å². The van der Waals surface area contributed by atoms with E-state index in [0.29, 0.717) is 57.7 Å². The normalized spacial score (nSPS) is 11.4. The molecule has 0 saturated carbocycles. The van der Waals surface area contributed by atoms with E-state index in [1.807, 2.05) is 122 Å². The molecule has 18 heterocycles. The Morgan fingerprint density at radius 1 is 0.289 bits per heavy atom. The van der Waals surface area contributed by atoms with Gasteiger partial charge in [0.1, 0.15) is 17.5 Å². The Hall–Kier alpha value is -14.7. The Bertz CT molecular complexity index is 6730. The van der Waals surface area contributed by atoms with Crippen LogP contribution in [0.4, 0.5) is 61.5 Å². The summed E-state index contributed by atoms with van der Waals surface area (Å²) < 4.78 is 188. The fourth-order valence-corrected chi connectivity index (χ4v) is 12.4. The molecule has 0 bridgehead atoms. The zero-order valence-electron chi connectivity index (χ0n) is 80.7. The molecule has 47 heteroatoms. The minimum Gasteiger partial charge on any atom is -0.573 e. The molecule has 0 spiro atoms. The molecule has 0 aliphatic heterocycles. The number of halogens is 14. The second-order valence-corrected chi connectivity index (χ2v) is 35.0. The topological polar surface area (TPSA) is 313 Å². The third kappa shape index (κ3) is 32.6. The Labute approximate surface area is 899 Å². The first-order chi connectivity index (χ1) is 68.7. The van der Waals surface area contributed by atoms with Crippen molar-refractivity contribution in [2.45, 2.75) is 136 Å².